The number of H-pyrrole nitrogens is 1. The van der Waals surface area contributed by atoms with E-state index in [2.05, 4.69) is 4.98 Å². The van der Waals surface area contributed by atoms with E-state index >= 15 is 0 Å². The maximum atomic E-state index is 13.7. The number of nitrogens with zero attached hydrogens (tertiary/aromatic N) is 1. The van der Waals surface area contributed by atoms with Crippen molar-refractivity contribution in [3.63, 3.8) is 0 Å². The first kappa shape index (κ1) is 17.7. The van der Waals surface area contributed by atoms with Crippen molar-refractivity contribution >= 4 is 11.8 Å². The van der Waals surface area contributed by atoms with E-state index in [1.165, 1.54) is 12.1 Å². The molecule has 0 spiro atoms. The maximum Gasteiger partial charge on any atom is 0.126 e. The second kappa shape index (κ2) is 7.00. The molecule has 0 radical (unpaired) electrons. The molecule has 130 valence electrons. The lowest BCUT2D eigenvalue weighted by atomic mass is 9.89. The lowest BCUT2D eigenvalue weighted by molar-refractivity contribution is 0.615. The smallest absolute Gasteiger partial charge is 0.126 e. The molecule has 3 aromatic rings. The van der Waals surface area contributed by atoms with Gasteiger partial charge in [0.25, 0.3) is 0 Å². The van der Waals surface area contributed by atoms with Crippen LogP contribution in [0.15, 0.2) is 41.4 Å². The number of aryl methyl sites for hydroxylation is 3. The van der Waals surface area contributed by atoms with Gasteiger partial charge >= 0.3 is 0 Å². The van der Waals surface area contributed by atoms with Crippen LogP contribution < -0.4 is 0 Å². The normalized spacial score (nSPS) is 11.3. The fourth-order valence-corrected chi connectivity index (χ4v) is 3.55. The van der Waals surface area contributed by atoms with E-state index in [4.69, 9.17) is 4.98 Å². The largest absolute Gasteiger partial charge is 0.344 e. The highest BCUT2D eigenvalue weighted by atomic mass is 32.2. The molecule has 0 aliphatic rings. The van der Waals surface area contributed by atoms with Gasteiger partial charge in [-0.3, -0.25) is 0 Å². The second-order valence-electron chi connectivity index (χ2n) is 6.21. The third-order valence-corrected chi connectivity index (χ3v) is 5.14. The molecular weight excluding hydrogens is 338 g/mol. The minimum Gasteiger partial charge on any atom is -0.344 e. The molecule has 0 amide bonds. The Morgan fingerprint density at radius 2 is 1.44 bits per heavy atom. The van der Waals surface area contributed by atoms with Crippen LogP contribution in [0.2, 0.25) is 0 Å². The average molecular weight is 358 g/mol. The van der Waals surface area contributed by atoms with Crippen LogP contribution in [0.3, 0.4) is 0 Å². The van der Waals surface area contributed by atoms with E-state index in [9.17, 15) is 8.78 Å². The van der Waals surface area contributed by atoms with Gasteiger partial charge in [-0.25, -0.2) is 13.8 Å². The van der Waals surface area contributed by atoms with Gasteiger partial charge in [0.2, 0.25) is 0 Å². The number of imidazole rings is 1. The van der Waals surface area contributed by atoms with Gasteiger partial charge in [0.15, 0.2) is 0 Å². The highest BCUT2D eigenvalue weighted by molar-refractivity contribution is 7.98. The van der Waals surface area contributed by atoms with E-state index in [-0.39, 0.29) is 17.6 Å². The molecule has 0 unspecified atom stereocenters. The lowest BCUT2D eigenvalue weighted by Gasteiger charge is -2.17. The van der Waals surface area contributed by atoms with E-state index in [1.54, 1.807) is 37.7 Å². The first-order chi connectivity index (χ1) is 11.9. The van der Waals surface area contributed by atoms with Crippen molar-refractivity contribution in [2.75, 3.05) is 6.26 Å². The Balaban J connectivity index is 2.19. The van der Waals surface area contributed by atoms with Gasteiger partial charge < -0.3 is 4.98 Å². The zero-order valence-electron chi connectivity index (χ0n) is 14.7. The number of nitrogens with one attached hydrogen (secondary N) is 1. The highest BCUT2D eigenvalue weighted by Gasteiger charge is 2.22. The Hall–Kier alpha value is -2.14. The molecule has 0 aliphatic heterocycles. The van der Waals surface area contributed by atoms with Crippen molar-refractivity contribution in [2.45, 2.75) is 31.7 Å². The summed E-state index contributed by atoms with van der Waals surface area (Å²) in [6, 6.07) is 10.1. The number of halogens is 2. The SMILES string of the molecule is CSc1nc(C(c2ccc(F)c(C)c2)c2ccc(F)c(C)c2)[nH]c1C. The Bertz CT molecular complexity index is 867. The van der Waals surface area contributed by atoms with Crippen molar-refractivity contribution < 1.29 is 8.78 Å². The molecule has 2 nitrogen and oxygen atoms in total. The van der Waals surface area contributed by atoms with Gasteiger partial charge in [-0.05, 0) is 61.4 Å². The zero-order valence-corrected chi connectivity index (χ0v) is 15.5. The second-order valence-corrected chi connectivity index (χ2v) is 7.00. The number of benzene rings is 2. The topological polar surface area (TPSA) is 28.7 Å². The van der Waals surface area contributed by atoms with Gasteiger partial charge in [0.1, 0.15) is 22.5 Å². The van der Waals surface area contributed by atoms with Crippen LogP contribution in [0.5, 0.6) is 0 Å². The number of rotatable bonds is 4. The van der Waals surface area contributed by atoms with E-state index < -0.39 is 0 Å². The summed E-state index contributed by atoms with van der Waals surface area (Å²) in [6.45, 7) is 5.46. The van der Waals surface area contributed by atoms with Crippen LogP contribution in [0.4, 0.5) is 8.78 Å². The number of thioether (sulfide) groups is 1. The lowest BCUT2D eigenvalue weighted by Crippen LogP contribution is -2.07. The summed E-state index contributed by atoms with van der Waals surface area (Å²) < 4.78 is 27.5. The Morgan fingerprint density at radius 3 is 1.84 bits per heavy atom. The standard InChI is InChI=1S/C20H20F2N2S/c1-11-9-14(5-7-16(11)21)18(15-6-8-17(22)12(2)10-15)19-23-13(3)20(24-19)25-4/h5-10,18H,1-4H3,(H,23,24). The quantitative estimate of drug-likeness (QED) is 0.623. The van der Waals surface area contributed by atoms with Crippen LogP contribution in [0.25, 0.3) is 0 Å². The molecule has 1 heterocycles. The summed E-state index contributed by atoms with van der Waals surface area (Å²) in [4.78, 5) is 8.05. The molecule has 0 saturated carbocycles. The molecule has 0 aliphatic carbocycles. The van der Waals surface area contributed by atoms with Crippen LogP contribution >= 0.6 is 11.8 Å². The summed E-state index contributed by atoms with van der Waals surface area (Å²) in [6.07, 6.45) is 1.98. The molecule has 0 atom stereocenters. The molecule has 1 aromatic heterocycles. The zero-order chi connectivity index (χ0) is 18.1. The fourth-order valence-electron chi connectivity index (χ4n) is 3.01. The van der Waals surface area contributed by atoms with Gasteiger partial charge in [0.05, 0.1) is 5.92 Å². The monoisotopic (exact) mass is 358 g/mol. The van der Waals surface area contributed by atoms with Gasteiger partial charge in [0, 0.05) is 5.69 Å². The summed E-state index contributed by atoms with van der Waals surface area (Å²) in [5.74, 6) is 0.0912. The molecule has 0 bridgehead atoms. The van der Waals surface area contributed by atoms with Crippen molar-refractivity contribution in [1.82, 2.24) is 9.97 Å². The van der Waals surface area contributed by atoms with E-state index in [0.29, 0.717) is 11.1 Å². The third kappa shape index (κ3) is 3.47. The average Bonchev–Trinajstić information content (AvgIpc) is 2.95. The first-order valence-electron chi connectivity index (χ1n) is 8.03. The van der Waals surface area contributed by atoms with Crippen molar-refractivity contribution in [3.05, 3.63) is 81.8 Å². The van der Waals surface area contributed by atoms with Crippen molar-refractivity contribution in [2.24, 2.45) is 0 Å². The first-order valence-corrected chi connectivity index (χ1v) is 9.25. The molecule has 5 heteroatoms. The fraction of sp³-hybridized carbons (Fsp3) is 0.250. The number of hydrogen-bond donors (Lipinski definition) is 1. The molecule has 25 heavy (non-hydrogen) atoms. The molecular formula is C20H20F2N2S. The van der Waals surface area contributed by atoms with Crippen LogP contribution in [-0.4, -0.2) is 16.2 Å². The summed E-state index contributed by atoms with van der Waals surface area (Å²) in [5.41, 5.74) is 3.99. The highest BCUT2D eigenvalue weighted by Crippen LogP contribution is 2.33. The van der Waals surface area contributed by atoms with Crippen molar-refractivity contribution in [1.29, 1.82) is 0 Å². The summed E-state index contributed by atoms with van der Waals surface area (Å²) >= 11 is 1.57. The van der Waals surface area contributed by atoms with E-state index in [1.807, 2.05) is 25.3 Å². The van der Waals surface area contributed by atoms with E-state index in [0.717, 1.165) is 27.7 Å². The summed E-state index contributed by atoms with van der Waals surface area (Å²) in [7, 11) is 0. The van der Waals surface area contributed by atoms with Crippen LogP contribution in [0, 0.1) is 32.4 Å². The molecule has 3 rings (SSSR count). The molecule has 0 saturated heterocycles. The minimum absolute atomic E-state index is 0.210. The Kier molecular flexibility index (Phi) is 4.95. The molecule has 1 N–H and O–H groups in total. The Morgan fingerprint density at radius 1 is 0.920 bits per heavy atom. The third-order valence-electron chi connectivity index (χ3n) is 4.36. The predicted molar refractivity (Wildman–Crippen MR) is 98.3 cm³/mol. The minimum atomic E-state index is -0.238. The Labute approximate surface area is 150 Å². The number of aromatic amines is 1. The maximum absolute atomic E-state index is 13.7. The van der Waals surface area contributed by atoms with Crippen molar-refractivity contribution in [3.8, 4) is 0 Å². The van der Waals surface area contributed by atoms with Gasteiger partial charge in [-0.1, -0.05) is 24.3 Å². The van der Waals surface area contributed by atoms with Gasteiger partial charge in [-0.2, -0.15) is 0 Å². The van der Waals surface area contributed by atoms with Crippen LogP contribution in [-0.2, 0) is 0 Å². The van der Waals surface area contributed by atoms with Crippen LogP contribution in [0.1, 0.15) is 39.7 Å². The predicted octanol–water partition coefficient (Wildman–Crippen LogP) is 5.52. The number of hydrogen-bond acceptors (Lipinski definition) is 2. The molecule has 2 aromatic carbocycles. The number of aromatic nitrogens is 2. The molecule has 0 fully saturated rings. The van der Waals surface area contributed by atoms with Gasteiger partial charge in [-0.15, -0.1) is 11.8 Å². The summed E-state index contributed by atoms with van der Waals surface area (Å²) in [5, 5.41) is 0.928.